The average molecular weight is 255 g/mol. The van der Waals surface area contributed by atoms with E-state index in [-0.39, 0.29) is 0 Å². The van der Waals surface area contributed by atoms with Gasteiger partial charge in [-0.1, -0.05) is 37.2 Å². The SMILES string of the molecule is CCC(C)Sc1nc2cc(Cl)ccc2n1C. The molecule has 0 aliphatic carbocycles. The van der Waals surface area contributed by atoms with Crippen molar-refractivity contribution < 1.29 is 0 Å². The Morgan fingerprint density at radius 1 is 1.50 bits per heavy atom. The Morgan fingerprint density at radius 2 is 2.25 bits per heavy atom. The van der Waals surface area contributed by atoms with Crippen LogP contribution in [0, 0.1) is 0 Å². The number of aromatic nitrogens is 2. The first kappa shape index (κ1) is 11.8. The molecule has 2 rings (SSSR count). The number of thioether (sulfide) groups is 1. The molecule has 1 aromatic heterocycles. The van der Waals surface area contributed by atoms with Crippen molar-refractivity contribution in [2.75, 3.05) is 0 Å². The molecule has 0 N–H and O–H groups in total. The van der Waals surface area contributed by atoms with Gasteiger partial charge in [0.2, 0.25) is 0 Å². The summed E-state index contributed by atoms with van der Waals surface area (Å²) in [6.07, 6.45) is 1.15. The van der Waals surface area contributed by atoms with Crippen LogP contribution in [0.5, 0.6) is 0 Å². The first-order chi connectivity index (χ1) is 7.61. The molecule has 0 fully saturated rings. The maximum Gasteiger partial charge on any atom is 0.169 e. The number of aryl methyl sites for hydroxylation is 1. The van der Waals surface area contributed by atoms with Gasteiger partial charge < -0.3 is 4.57 Å². The van der Waals surface area contributed by atoms with Crippen molar-refractivity contribution in [2.24, 2.45) is 7.05 Å². The zero-order chi connectivity index (χ0) is 11.7. The number of hydrogen-bond acceptors (Lipinski definition) is 2. The number of benzene rings is 1. The molecule has 1 heterocycles. The lowest BCUT2D eigenvalue weighted by atomic mass is 10.3. The highest BCUT2D eigenvalue weighted by Gasteiger charge is 2.11. The lowest BCUT2D eigenvalue weighted by Gasteiger charge is -2.07. The van der Waals surface area contributed by atoms with Crippen molar-refractivity contribution in [3.63, 3.8) is 0 Å². The van der Waals surface area contributed by atoms with Crippen LogP contribution in [0.2, 0.25) is 5.02 Å². The van der Waals surface area contributed by atoms with Crippen LogP contribution in [0.15, 0.2) is 23.4 Å². The van der Waals surface area contributed by atoms with Gasteiger partial charge in [-0.05, 0) is 24.6 Å². The van der Waals surface area contributed by atoms with Gasteiger partial charge in [0.1, 0.15) is 0 Å². The second-order valence-corrected chi connectivity index (χ2v) is 5.77. The molecule has 4 heteroatoms. The third-order valence-electron chi connectivity index (χ3n) is 2.68. The monoisotopic (exact) mass is 254 g/mol. The number of hydrogen-bond donors (Lipinski definition) is 0. The van der Waals surface area contributed by atoms with E-state index in [1.54, 1.807) is 0 Å². The fraction of sp³-hybridized carbons (Fsp3) is 0.417. The maximum absolute atomic E-state index is 5.96. The average Bonchev–Trinajstić information content (AvgIpc) is 2.55. The van der Waals surface area contributed by atoms with Crippen LogP contribution < -0.4 is 0 Å². The summed E-state index contributed by atoms with van der Waals surface area (Å²) in [5, 5.41) is 2.39. The summed E-state index contributed by atoms with van der Waals surface area (Å²) in [4.78, 5) is 4.60. The third-order valence-corrected chi connectivity index (χ3v) is 4.23. The van der Waals surface area contributed by atoms with E-state index in [1.807, 2.05) is 37.0 Å². The highest BCUT2D eigenvalue weighted by Crippen LogP contribution is 2.28. The first-order valence-corrected chi connectivity index (χ1v) is 6.66. The topological polar surface area (TPSA) is 17.8 Å². The van der Waals surface area contributed by atoms with E-state index in [0.29, 0.717) is 5.25 Å². The van der Waals surface area contributed by atoms with Gasteiger partial charge >= 0.3 is 0 Å². The molecule has 2 aromatic rings. The van der Waals surface area contributed by atoms with Gasteiger partial charge in [-0.3, -0.25) is 0 Å². The number of nitrogens with zero attached hydrogens (tertiary/aromatic N) is 2. The van der Waals surface area contributed by atoms with Gasteiger partial charge in [0, 0.05) is 17.3 Å². The minimum atomic E-state index is 0.589. The van der Waals surface area contributed by atoms with Crippen molar-refractivity contribution in [2.45, 2.75) is 30.7 Å². The normalized spacial score (nSPS) is 13.2. The Balaban J connectivity index is 2.43. The van der Waals surface area contributed by atoms with Crippen LogP contribution in [0.25, 0.3) is 11.0 Å². The van der Waals surface area contributed by atoms with Crippen LogP contribution in [0.4, 0.5) is 0 Å². The summed E-state index contributed by atoms with van der Waals surface area (Å²) in [6, 6.07) is 5.84. The highest BCUT2D eigenvalue weighted by molar-refractivity contribution is 7.99. The Labute approximate surface area is 105 Å². The largest absolute Gasteiger partial charge is 0.322 e. The molecule has 0 amide bonds. The van der Waals surface area contributed by atoms with Gasteiger partial charge in [0.25, 0.3) is 0 Å². The molecule has 0 bridgehead atoms. The fourth-order valence-corrected chi connectivity index (χ4v) is 2.62. The second-order valence-electron chi connectivity index (χ2n) is 3.92. The Kier molecular flexibility index (Phi) is 3.45. The van der Waals surface area contributed by atoms with E-state index < -0.39 is 0 Å². The summed E-state index contributed by atoms with van der Waals surface area (Å²) in [7, 11) is 2.05. The molecule has 2 nitrogen and oxygen atoms in total. The van der Waals surface area contributed by atoms with Crippen molar-refractivity contribution in [1.82, 2.24) is 9.55 Å². The number of imidazole rings is 1. The summed E-state index contributed by atoms with van der Waals surface area (Å²) < 4.78 is 2.13. The highest BCUT2D eigenvalue weighted by atomic mass is 35.5. The third kappa shape index (κ3) is 2.20. The molecular weight excluding hydrogens is 240 g/mol. The molecule has 86 valence electrons. The molecule has 16 heavy (non-hydrogen) atoms. The van der Waals surface area contributed by atoms with E-state index in [2.05, 4.69) is 23.4 Å². The molecule has 0 saturated carbocycles. The van der Waals surface area contributed by atoms with E-state index in [4.69, 9.17) is 11.6 Å². The lowest BCUT2D eigenvalue weighted by Crippen LogP contribution is -1.97. The second kappa shape index (κ2) is 4.68. The standard InChI is InChI=1S/C12H15ClN2S/c1-4-8(2)16-12-14-10-7-9(13)5-6-11(10)15(12)3/h5-8H,4H2,1-3H3. The van der Waals surface area contributed by atoms with Crippen LogP contribution >= 0.6 is 23.4 Å². The van der Waals surface area contributed by atoms with E-state index in [0.717, 1.165) is 27.6 Å². The van der Waals surface area contributed by atoms with Crippen molar-refractivity contribution in [1.29, 1.82) is 0 Å². The number of rotatable bonds is 3. The fourth-order valence-electron chi connectivity index (χ4n) is 1.52. The summed E-state index contributed by atoms with van der Waals surface area (Å²) in [5.41, 5.74) is 2.11. The molecule has 1 atom stereocenters. The van der Waals surface area contributed by atoms with Crippen molar-refractivity contribution in [3.05, 3.63) is 23.2 Å². The zero-order valence-corrected chi connectivity index (χ0v) is 11.3. The van der Waals surface area contributed by atoms with Crippen LogP contribution in [0.1, 0.15) is 20.3 Å². The Morgan fingerprint density at radius 3 is 2.94 bits per heavy atom. The van der Waals surface area contributed by atoms with E-state index >= 15 is 0 Å². The molecule has 0 saturated heterocycles. The quantitative estimate of drug-likeness (QED) is 0.767. The molecule has 0 spiro atoms. The van der Waals surface area contributed by atoms with Crippen molar-refractivity contribution >= 4 is 34.4 Å². The van der Waals surface area contributed by atoms with Crippen LogP contribution in [-0.4, -0.2) is 14.8 Å². The van der Waals surface area contributed by atoms with Gasteiger partial charge in [0.15, 0.2) is 5.16 Å². The smallest absolute Gasteiger partial charge is 0.169 e. The summed E-state index contributed by atoms with van der Waals surface area (Å²) in [6.45, 7) is 4.41. The number of halogens is 1. The predicted octanol–water partition coefficient (Wildman–Crippen LogP) is 4.12. The minimum Gasteiger partial charge on any atom is -0.322 e. The van der Waals surface area contributed by atoms with Gasteiger partial charge in [-0.15, -0.1) is 0 Å². The van der Waals surface area contributed by atoms with Gasteiger partial charge in [-0.2, -0.15) is 0 Å². The van der Waals surface area contributed by atoms with E-state index in [9.17, 15) is 0 Å². The first-order valence-electron chi connectivity index (χ1n) is 5.40. The van der Waals surface area contributed by atoms with E-state index in [1.165, 1.54) is 0 Å². The lowest BCUT2D eigenvalue weighted by molar-refractivity contribution is 0.803. The minimum absolute atomic E-state index is 0.589. The molecular formula is C12H15ClN2S. The van der Waals surface area contributed by atoms with Gasteiger partial charge in [-0.25, -0.2) is 4.98 Å². The van der Waals surface area contributed by atoms with Crippen LogP contribution in [-0.2, 0) is 7.05 Å². The van der Waals surface area contributed by atoms with Crippen molar-refractivity contribution in [3.8, 4) is 0 Å². The summed E-state index contributed by atoms with van der Waals surface area (Å²) >= 11 is 7.77. The Hall–Kier alpha value is -0.670. The molecule has 1 unspecified atom stereocenters. The predicted molar refractivity (Wildman–Crippen MR) is 71.3 cm³/mol. The maximum atomic E-state index is 5.96. The summed E-state index contributed by atoms with van der Waals surface area (Å²) in [5.74, 6) is 0. The molecule has 0 aliphatic rings. The Bertz CT molecular complexity index is 507. The number of fused-ring (bicyclic) bond motifs is 1. The van der Waals surface area contributed by atoms with Crippen LogP contribution in [0.3, 0.4) is 0 Å². The zero-order valence-electron chi connectivity index (χ0n) is 9.70. The molecule has 1 aromatic carbocycles. The van der Waals surface area contributed by atoms with Gasteiger partial charge in [0.05, 0.1) is 11.0 Å². The molecule has 0 aliphatic heterocycles. The molecule has 0 radical (unpaired) electrons.